The van der Waals surface area contributed by atoms with Crippen molar-refractivity contribution < 1.29 is 0 Å². The van der Waals surface area contributed by atoms with Gasteiger partial charge in [0.2, 0.25) is 0 Å². The lowest BCUT2D eigenvalue weighted by atomic mass is 9.77. The standard InChI is InChI=1S/C42H42S2/c1-3-9-27(10-4-1)29-13-7-15-31(23-29)33-17-19-37-35(25-33)41-39(43-37)21-22-40-42(41)36-26-34(18-20-38(36)44-40)32-16-8-14-30(24-32)28-11-5-2-6-12-28/h1,3-5,7,9,11-13,15,24-27,29-30H,2,6,8,10,14,16-23H2. The van der Waals surface area contributed by atoms with Crippen molar-refractivity contribution in [3.63, 3.8) is 0 Å². The fraction of sp³-hybridized carbons (Fsp3) is 0.381. The summed E-state index contributed by atoms with van der Waals surface area (Å²) < 4.78 is 0. The molecule has 7 aliphatic rings. The number of rotatable bonds is 4. The van der Waals surface area contributed by atoms with Crippen LogP contribution in [0.25, 0.3) is 23.3 Å². The first kappa shape index (κ1) is 27.4. The van der Waals surface area contributed by atoms with Crippen molar-refractivity contribution in [3.8, 4) is 11.1 Å². The number of allylic oxidation sites excluding steroid dienone is 16. The van der Waals surface area contributed by atoms with Crippen molar-refractivity contribution in [2.45, 2.75) is 83.5 Å². The molecule has 0 nitrogen and oxygen atoms in total. The lowest BCUT2D eigenvalue weighted by Gasteiger charge is -2.28. The third kappa shape index (κ3) is 4.85. The maximum atomic E-state index is 2.66. The van der Waals surface area contributed by atoms with Gasteiger partial charge in [0.15, 0.2) is 0 Å². The summed E-state index contributed by atoms with van der Waals surface area (Å²) in [5.41, 5.74) is 14.4. The van der Waals surface area contributed by atoms with Crippen molar-refractivity contribution >= 4 is 34.8 Å². The van der Waals surface area contributed by atoms with Crippen LogP contribution in [0.4, 0.5) is 0 Å². The molecule has 0 aliphatic heterocycles. The summed E-state index contributed by atoms with van der Waals surface area (Å²) in [5, 5.41) is 0. The summed E-state index contributed by atoms with van der Waals surface area (Å²) in [6.45, 7) is 0. The molecule has 2 aromatic rings. The maximum Gasteiger partial charge on any atom is 0.0137 e. The Morgan fingerprint density at radius 2 is 1.34 bits per heavy atom. The molecule has 9 rings (SSSR count). The summed E-state index contributed by atoms with van der Waals surface area (Å²) in [5.74, 6) is 1.87. The van der Waals surface area contributed by atoms with Crippen LogP contribution in [0, 0.1) is 17.8 Å². The first-order valence-corrected chi connectivity index (χ1v) is 18.9. The molecule has 222 valence electrons. The van der Waals surface area contributed by atoms with Gasteiger partial charge in [-0.25, -0.2) is 0 Å². The van der Waals surface area contributed by atoms with Gasteiger partial charge in [-0.2, -0.15) is 0 Å². The Kier molecular flexibility index (Phi) is 7.12. The molecule has 3 unspecified atom stereocenters. The molecule has 0 saturated heterocycles. The van der Waals surface area contributed by atoms with Gasteiger partial charge in [-0.05, 0) is 146 Å². The van der Waals surface area contributed by atoms with Gasteiger partial charge in [0.05, 0.1) is 0 Å². The van der Waals surface area contributed by atoms with E-state index in [4.69, 9.17) is 0 Å². The highest BCUT2D eigenvalue weighted by Crippen LogP contribution is 2.53. The fourth-order valence-corrected chi connectivity index (χ4v) is 11.5. The van der Waals surface area contributed by atoms with E-state index in [9.17, 15) is 0 Å². The zero-order valence-corrected chi connectivity index (χ0v) is 27.4. The SMILES string of the molecule is C1=CCC(C2C=CC=C(C3=Cc4c(sc5c4-c4c(sc6c4C=C(C4=CC(C7=CCCC=C7)CCC4)CC6)CC5)CC3)C2)C=C1. The second-order valence-electron chi connectivity index (χ2n) is 13.8. The predicted molar refractivity (Wildman–Crippen MR) is 191 cm³/mol. The average Bonchev–Trinajstić information content (AvgIpc) is 3.66. The van der Waals surface area contributed by atoms with Gasteiger partial charge in [-0.1, -0.05) is 66.8 Å². The summed E-state index contributed by atoms with van der Waals surface area (Å²) in [7, 11) is 0. The largest absolute Gasteiger partial charge is 0.144 e. The molecule has 0 radical (unpaired) electrons. The second kappa shape index (κ2) is 11.5. The van der Waals surface area contributed by atoms with Crippen molar-refractivity contribution in [3.05, 3.63) is 125 Å². The van der Waals surface area contributed by atoms with E-state index in [-0.39, 0.29) is 0 Å². The molecule has 2 aromatic heterocycles. The molecule has 0 fully saturated rings. The van der Waals surface area contributed by atoms with Gasteiger partial charge in [0.1, 0.15) is 0 Å². The maximum absolute atomic E-state index is 2.66. The van der Waals surface area contributed by atoms with E-state index in [0.717, 1.165) is 0 Å². The Bertz CT molecular complexity index is 1790. The van der Waals surface area contributed by atoms with Crippen LogP contribution in [0.15, 0.2) is 94.7 Å². The molecular formula is C42H42S2. The smallest absolute Gasteiger partial charge is 0.0137 e. The van der Waals surface area contributed by atoms with E-state index in [1.54, 1.807) is 69.6 Å². The van der Waals surface area contributed by atoms with E-state index >= 15 is 0 Å². The van der Waals surface area contributed by atoms with Gasteiger partial charge in [0, 0.05) is 36.6 Å². The van der Waals surface area contributed by atoms with Gasteiger partial charge in [0.25, 0.3) is 0 Å². The number of fused-ring (bicyclic) bond motifs is 7. The predicted octanol–water partition coefficient (Wildman–Crippen LogP) is 11.9. The lowest BCUT2D eigenvalue weighted by Crippen LogP contribution is -2.15. The summed E-state index contributed by atoms with van der Waals surface area (Å²) >= 11 is 4.28. The van der Waals surface area contributed by atoms with Crippen LogP contribution in [0.3, 0.4) is 0 Å². The minimum atomic E-state index is 0.613. The summed E-state index contributed by atoms with van der Waals surface area (Å²) in [6, 6.07) is 0. The molecule has 2 heteroatoms. The summed E-state index contributed by atoms with van der Waals surface area (Å²) in [6.07, 6.45) is 47.6. The fourth-order valence-electron chi connectivity index (χ4n) is 8.90. The van der Waals surface area contributed by atoms with E-state index in [2.05, 4.69) is 102 Å². The Hall–Kier alpha value is -2.94. The molecule has 0 spiro atoms. The molecule has 0 aromatic carbocycles. The Morgan fingerprint density at radius 3 is 2.05 bits per heavy atom. The van der Waals surface area contributed by atoms with Crippen LogP contribution in [-0.2, 0) is 25.7 Å². The van der Waals surface area contributed by atoms with Crippen molar-refractivity contribution in [1.82, 2.24) is 0 Å². The van der Waals surface area contributed by atoms with E-state index in [0.29, 0.717) is 17.8 Å². The molecule has 2 heterocycles. The van der Waals surface area contributed by atoms with Crippen molar-refractivity contribution in [2.75, 3.05) is 0 Å². The van der Waals surface area contributed by atoms with Crippen molar-refractivity contribution in [2.24, 2.45) is 17.8 Å². The average molecular weight is 611 g/mol. The third-order valence-electron chi connectivity index (χ3n) is 11.2. The molecule has 7 aliphatic carbocycles. The first-order valence-electron chi connectivity index (χ1n) is 17.3. The minimum Gasteiger partial charge on any atom is -0.144 e. The van der Waals surface area contributed by atoms with E-state index in [1.165, 1.54) is 83.5 Å². The van der Waals surface area contributed by atoms with Crippen molar-refractivity contribution in [1.29, 1.82) is 0 Å². The molecule has 3 atom stereocenters. The highest BCUT2D eigenvalue weighted by atomic mass is 32.1. The second-order valence-corrected chi connectivity index (χ2v) is 16.2. The number of hydrogen-bond donors (Lipinski definition) is 0. The summed E-state index contributed by atoms with van der Waals surface area (Å²) in [4.78, 5) is 6.60. The van der Waals surface area contributed by atoms with Crippen LogP contribution in [0.1, 0.15) is 88.4 Å². The lowest BCUT2D eigenvalue weighted by molar-refractivity contribution is 0.469. The van der Waals surface area contributed by atoms with E-state index < -0.39 is 0 Å². The highest BCUT2D eigenvalue weighted by Gasteiger charge is 2.33. The molecule has 44 heavy (non-hydrogen) atoms. The van der Waals surface area contributed by atoms with Gasteiger partial charge in [-0.3, -0.25) is 0 Å². The molecule has 0 bridgehead atoms. The number of thiophene rings is 2. The zero-order chi connectivity index (χ0) is 29.0. The van der Waals surface area contributed by atoms with Gasteiger partial charge in [-0.15, -0.1) is 22.7 Å². The number of aryl methyl sites for hydroxylation is 4. The third-order valence-corrected chi connectivity index (χ3v) is 13.9. The molecule has 0 amide bonds. The molecular weight excluding hydrogens is 569 g/mol. The van der Waals surface area contributed by atoms with Crippen LogP contribution in [0.5, 0.6) is 0 Å². The van der Waals surface area contributed by atoms with Crippen LogP contribution in [0.2, 0.25) is 0 Å². The van der Waals surface area contributed by atoms with Crippen LogP contribution >= 0.6 is 22.7 Å². The van der Waals surface area contributed by atoms with E-state index in [1.807, 2.05) is 0 Å². The van der Waals surface area contributed by atoms with Gasteiger partial charge < -0.3 is 0 Å². The zero-order valence-electron chi connectivity index (χ0n) is 25.7. The molecule has 0 saturated carbocycles. The molecule has 0 N–H and O–H groups in total. The quantitative estimate of drug-likeness (QED) is 0.323. The Balaban J connectivity index is 1.06. The first-order chi connectivity index (χ1) is 21.8. The highest BCUT2D eigenvalue weighted by molar-refractivity contribution is 7.14. The normalized spacial score (nSPS) is 26.9. The topological polar surface area (TPSA) is 0 Å². The van der Waals surface area contributed by atoms with Crippen LogP contribution < -0.4 is 0 Å². The van der Waals surface area contributed by atoms with Crippen LogP contribution in [-0.4, -0.2) is 0 Å². The minimum absolute atomic E-state index is 0.613. The van der Waals surface area contributed by atoms with Gasteiger partial charge >= 0.3 is 0 Å². The Labute approximate surface area is 271 Å². The Morgan fingerprint density at radius 1 is 0.614 bits per heavy atom. The number of hydrogen-bond acceptors (Lipinski definition) is 2. The monoisotopic (exact) mass is 610 g/mol.